The molecule has 0 unspecified atom stereocenters. The summed E-state index contributed by atoms with van der Waals surface area (Å²) >= 11 is 6.08. The highest BCUT2D eigenvalue weighted by Gasteiger charge is 2.11. The van der Waals surface area contributed by atoms with Gasteiger partial charge in [0.2, 0.25) is 5.89 Å². The monoisotopic (exact) mass is 354 g/mol. The molecular weight excluding hydrogens is 344 g/mol. The van der Waals surface area contributed by atoms with Gasteiger partial charge < -0.3 is 14.3 Å². The Morgan fingerprint density at radius 2 is 2.16 bits per heavy atom. The van der Waals surface area contributed by atoms with E-state index in [1.807, 2.05) is 12.1 Å². The lowest BCUT2D eigenvalue weighted by atomic mass is 10.1. The smallest absolute Gasteiger partial charge is 0.341 e. The molecule has 124 valence electrons. The van der Waals surface area contributed by atoms with E-state index in [1.54, 1.807) is 30.3 Å². The number of ether oxygens (including phenoxy) is 1. The Bertz CT molecular complexity index is 984. The second-order valence-electron chi connectivity index (χ2n) is 5.03. The maximum absolute atomic E-state index is 10.5. The van der Waals surface area contributed by atoms with Crippen molar-refractivity contribution in [3.8, 4) is 11.8 Å². The van der Waals surface area contributed by atoms with E-state index in [0.717, 1.165) is 0 Å². The lowest BCUT2D eigenvalue weighted by molar-refractivity contribution is -0.139. The van der Waals surface area contributed by atoms with E-state index in [-0.39, 0.29) is 22.2 Å². The van der Waals surface area contributed by atoms with Crippen molar-refractivity contribution in [1.82, 2.24) is 4.98 Å². The van der Waals surface area contributed by atoms with E-state index in [9.17, 15) is 10.1 Å². The largest absolute Gasteiger partial charge is 0.480 e. The van der Waals surface area contributed by atoms with Gasteiger partial charge in [0.1, 0.15) is 22.9 Å². The van der Waals surface area contributed by atoms with Crippen molar-refractivity contribution in [2.24, 2.45) is 0 Å². The van der Waals surface area contributed by atoms with Gasteiger partial charge in [-0.15, -0.1) is 0 Å². The van der Waals surface area contributed by atoms with E-state index in [0.29, 0.717) is 16.7 Å². The summed E-state index contributed by atoms with van der Waals surface area (Å²) in [6.07, 6.45) is 1.58. The molecule has 0 saturated carbocycles. The molecule has 3 aromatic rings. The number of nitrogens with zero attached hydrogens (tertiary/aromatic N) is 2. The molecule has 0 aliphatic carbocycles. The van der Waals surface area contributed by atoms with E-state index >= 15 is 0 Å². The van der Waals surface area contributed by atoms with Crippen LogP contribution in [-0.4, -0.2) is 22.7 Å². The first-order chi connectivity index (χ1) is 12.1. The fourth-order valence-electron chi connectivity index (χ4n) is 2.16. The van der Waals surface area contributed by atoms with Crippen molar-refractivity contribution in [3.63, 3.8) is 0 Å². The van der Waals surface area contributed by atoms with Crippen molar-refractivity contribution < 1.29 is 19.1 Å². The third kappa shape index (κ3) is 3.79. The number of carbonyl (C=O) groups is 1. The van der Waals surface area contributed by atoms with Crippen LogP contribution >= 0.6 is 11.6 Å². The van der Waals surface area contributed by atoms with Gasteiger partial charge in [-0.3, -0.25) is 0 Å². The van der Waals surface area contributed by atoms with Crippen LogP contribution in [-0.2, 0) is 4.79 Å². The van der Waals surface area contributed by atoms with Gasteiger partial charge >= 0.3 is 5.97 Å². The number of fused-ring (bicyclic) bond motifs is 1. The molecule has 0 radical (unpaired) electrons. The van der Waals surface area contributed by atoms with Crippen LogP contribution in [0, 0.1) is 11.3 Å². The third-order valence-electron chi connectivity index (χ3n) is 3.26. The zero-order valence-corrected chi connectivity index (χ0v) is 13.5. The standard InChI is InChI=1S/C18H11ClN2O4/c19-13-8-11(5-6-15(13)24-10-17(22)23)7-12(9-20)18-21-14-3-1-2-4-16(14)25-18/h1-8H,10H2,(H,22,23)/b12-7+. The fraction of sp³-hybridized carbons (Fsp3) is 0.0556. The van der Waals surface area contributed by atoms with Crippen LogP contribution in [0.25, 0.3) is 22.7 Å². The second kappa shape index (κ2) is 7.07. The van der Waals surface area contributed by atoms with E-state index in [4.69, 9.17) is 25.9 Å². The molecule has 1 N–H and O–H groups in total. The van der Waals surface area contributed by atoms with Gasteiger partial charge in [-0.25, -0.2) is 9.78 Å². The number of allylic oxidation sites excluding steroid dienone is 1. The first-order valence-corrected chi connectivity index (χ1v) is 7.56. The quantitative estimate of drug-likeness (QED) is 0.695. The van der Waals surface area contributed by atoms with Crippen LogP contribution in [0.3, 0.4) is 0 Å². The van der Waals surface area contributed by atoms with E-state index < -0.39 is 12.6 Å². The minimum atomic E-state index is -1.09. The van der Waals surface area contributed by atoms with Crippen LogP contribution in [0.5, 0.6) is 5.75 Å². The highest BCUT2D eigenvalue weighted by atomic mass is 35.5. The Balaban J connectivity index is 1.90. The number of nitriles is 1. The Morgan fingerprint density at radius 1 is 1.36 bits per heavy atom. The lowest BCUT2D eigenvalue weighted by Crippen LogP contribution is -2.09. The molecule has 0 saturated heterocycles. The van der Waals surface area contributed by atoms with E-state index in [1.165, 1.54) is 6.07 Å². The number of carboxylic acids is 1. The maximum atomic E-state index is 10.5. The minimum Gasteiger partial charge on any atom is -0.480 e. The Hall–Kier alpha value is -3.30. The SMILES string of the molecule is N#C/C(=C\c1ccc(OCC(=O)O)c(Cl)c1)c1nc2ccccc2o1. The van der Waals surface area contributed by atoms with E-state index in [2.05, 4.69) is 11.1 Å². The molecule has 1 heterocycles. The maximum Gasteiger partial charge on any atom is 0.341 e. The van der Waals surface area contributed by atoms with Gasteiger partial charge in [-0.05, 0) is 35.9 Å². The predicted molar refractivity (Wildman–Crippen MR) is 92.1 cm³/mol. The van der Waals surface area contributed by atoms with Gasteiger partial charge in [-0.2, -0.15) is 5.26 Å². The number of halogens is 1. The van der Waals surface area contributed by atoms with Gasteiger partial charge in [0.05, 0.1) is 5.02 Å². The summed E-state index contributed by atoms with van der Waals surface area (Å²) in [6, 6.07) is 14.0. The average molecular weight is 355 g/mol. The summed E-state index contributed by atoms with van der Waals surface area (Å²) in [7, 11) is 0. The van der Waals surface area contributed by atoms with Crippen LogP contribution in [0.2, 0.25) is 5.02 Å². The van der Waals surface area contributed by atoms with Gasteiger partial charge in [0.15, 0.2) is 12.2 Å². The molecule has 3 rings (SSSR count). The second-order valence-corrected chi connectivity index (χ2v) is 5.44. The summed E-state index contributed by atoms with van der Waals surface area (Å²) < 4.78 is 10.6. The first kappa shape index (κ1) is 16.6. The number of para-hydroxylation sites is 2. The van der Waals surface area contributed by atoms with Crippen molar-refractivity contribution in [2.45, 2.75) is 0 Å². The Morgan fingerprint density at radius 3 is 2.84 bits per heavy atom. The summed E-state index contributed by atoms with van der Waals surface area (Å²) in [5.74, 6) is -0.629. The number of oxazole rings is 1. The van der Waals surface area contributed by atoms with Crippen molar-refractivity contribution in [3.05, 3.63) is 58.9 Å². The predicted octanol–water partition coefficient (Wildman–Crippen LogP) is 4.01. The van der Waals surface area contributed by atoms with Crippen molar-refractivity contribution in [1.29, 1.82) is 5.26 Å². The summed E-state index contributed by atoms with van der Waals surface area (Å²) in [4.78, 5) is 14.8. The molecule has 0 fully saturated rings. The number of aliphatic carboxylic acids is 1. The van der Waals surface area contributed by atoms with Gasteiger partial charge in [0, 0.05) is 0 Å². The Kier molecular flexibility index (Phi) is 4.68. The molecule has 1 aromatic heterocycles. The number of hydrogen-bond acceptors (Lipinski definition) is 5. The molecule has 0 atom stereocenters. The number of rotatable bonds is 5. The Labute approximate surface area is 147 Å². The fourth-order valence-corrected chi connectivity index (χ4v) is 2.40. The number of benzene rings is 2. The molecule has 0 aliphatic heterocycles. The molecule has 0 amide bonds. The lowest BCUT2D eigenvalue weighted by Gasteiger charge is -2.06. The summed E-state index contributed by atoms with van der Waals surface area (Å²) in [6.45, 7) is -0.485. The van der Waals surface area contributed by atoms with Gasteiger partial charge in [0.25, 0.3) is 0 Å². The highest BCUT2D eigenvalue weighted by molar-refractivity contribution is 6.32. The van der Waals surface area contributed by atoms with Crippen LogP contribution in [0.15, 0.2) is 46.9 Å². The molecule has 25 heavy (non-hydrogen) atoms. The van der Waals surface area contributed by atoms with Crippen molar-refractivity contribution in [2.75, 3.05) is 6.61 Å². The molecule has 2 aromatic carbocycles. The van der Waals surface area contributed by atoms with Crippen LogP contribution in [0.4, 0.5) is 0 Å². The van der Waals surface area contributed by atoms with Crippen LogP contribution < -0.4 is 4.74 Å². The number of carboxylic acid groups (broad SMARTS) is 1. The average Bonchev–Trinajstić information content (AvgIpc) is 3.02. The highest BCUT2D eigenvalue weighted by Crippen LogP contribution is 2.28. The summed E-state index contributed by atoms with van der Waals surface area (Å²) in [5, 5.41) is 18.3. The normalized spacial score (nSPS) is 11.3. The molecule has 0 spiro atoms. The summed E-state index contributed by atoms with van der Waals surface area (Å²) in [5.41, 5.74) is 2.13. The van der Waals surface area contributed by atoms with Crippen LogP contribution in [0.1, 0.15) is 11.5 Å². The zero-order valence-electron chi connectivity index (χ0n) is 12.8. The third-order valence-corrected chi connectivity index (χ3v) is 3.56. The molecule has 7 heteroatoms. The topological polar surface area (TPSA) is 96.3 Å². The molecule has 0 aliphatic rings. The molecule has 6 nitrogen and oxygen atoms in total. The van der Waals surface area contributed by atoms with Gasteiger partial charge in [-0.1, -0.05) is 29.8 Å². The molecular formula is C18H11ClN2O4. The minimum absolute atomic E-state index is 0.214. The number of aromatic nitrogens is 1. The molecule has 0 bridgehead atoms. The number of hydrogen-bond donors (Lipinski definition) is 1. The first-order valence-electron chi connectivity index (χ1n) is 7.18. The van der Waals surface area contributed by atoms with Crippen molar-refractivity contribution >= 4 is 40.3 Å². The zero-order chi connectivity index (χ0) is 17.8.